The minimum Gasteiger partial charge on any atom is -0.342 e. The lowest BCUT2D eigenvalue weighted by Gasteiger charge is -2.13. The monoisotopic (exact) mass is 266 g/mol. The van der Waals surface area contributed by atoms with Crippen molar-refractivity contribution in [2.24, 2.45) is 11.5 Å². The molecule has 2 aromatic carbocycles. The molecule has 1 unspecified atom stereocenters. The van der Waals surface area contributed by atoms with E-state index in [1.807, 2.05) is 43.3 Å². The lowest BCUT2D eigenvalue weighted by Crippen LogP contribution is -2.12. The summed E-state index contributed by atoms with van der Waals surface area (Å²) < 4.78 is 0. The maximum Gasteiger partial charge on any atom is 0.104 e. The number of hydrogen-bond donors (Lipinski definition) is 3. The van der Waals surface area contributed by atoms with Crippen molar-refractivity contribution in [3.8, 4) is 0 Å². The molecular formula is C16H18N4. The molecule has 0 spiro atoms. The van der Waals surface area contributed by atoms with Crippen LogP contribution in [0.4, 0.5) is 0 Å². The Hall–Kier alpha value is -2.17. The molecule has 0 saturated heterocycles. The van der Waals surface area contributed by atoms with Crippen molar-refractivity contribution in [3.63, 3.8) is 0 Å². The van der Waals surface area contributed by atoms with Gasteiger partial charge >= 0.3 is 0 Å². The van der Waals surface area contributed by atoms with Crippen LogP contribution in [-0.4, -0.2) is 9.97 Å². The second-order valence-electron chi connectivity index (χ2n) is 5.02. The van der Waals surface area contributed by atoms with E-state index in [9.17, 15) is 0 Å². The number of aryl methyl sites for hydroxylation is 1. The molecule has 4 heteroatoms. The Labute approximate surface area is 117 Å². The number of fused-ring (bicyclic) bond motifs is 1. The normalized spacial score (nSPS) is 12.8. The van der Waals surface area contributed by atoms with E-state index in [2.05, 4.69) is 16.0 Å². The molecule has 0 fully saturated rings. The van der Waals surface area contributed by atoms with Crippen LogP contribution < -0.4 is 11.5 Å². The molecule has 1 aromatic heterocycles. The number of imidazole rings is 1. The van der Waals surface area contributed by atoms with E-state index in [1.54, 1.807) is 0 Å². The van der Waals surface area contributed by atoms with Crippen LogP contribution in [0.3, 0.4) is 0 Å². The van der Waals surface area contributed by atoms with Crippen LogP contribution in [0, 0.1) is 6.92 Å². The van der Waals surface area contributed by atoms with Gasteiger partial charge in [-0.1, -0.05) is 30.3 Å². The highest BCUT2D eigenvalue weighted by atomic mass is 14.9. The molecule has 3 aromatic rings. The van der Waals surface area contributed by atoms with E-state index in [0.29, 0.717) is 6.54 Å². The second kappa shape index (κ2) is 5.07. The van der Waals surface area contributed by atoms with E-state index >= 15 is 0 Å². The van der Waals surface area contributed by atoms with Gasteiger partial charge in [-0.25, -0.2) is 4.98 Å². The SMILES string of the molecule is Cc1nc2ccc(C(N)c3ccc(CN)cc3)cc2[nH]1. The van der Waals surface area contributed by atoms with Crippen molar-refractivity contribution < 1.29 is 0 Å². The summed E-state index contributed by atoms with van der Waals surface area (Å²) in [5.74, 6) is 0.915. The van der Waals surface area contributed by atoms with E-state index < -0.39 is 0 Å². The minimum absolute atomic E-state index is 0.144. The first-order valence-electron chi connectivity index (χ1n) is 6.68. The Morgan fingerprint density at radius 2 is 1.80 bits per heavy atom. The quantitative estimate of drug-likeness (QED) is 0.681. The molecule has 0 radical (unpaired) electrons. The molecular weight excluding hydrogens is 248 g/mol. The van der Waals surface area contributed by atoms with Crippen molar-refractivity contribution >= 4 is 11.0 Å². The Morgan fingerprint density at radius 3 is 2.50 bits per heavy atom. The highest BCUT2D eigenvalue weighted by molar-refractivity contribution is 5.76. The van der Waals surface area contributed by atoms with Gasteiger partial charge in [-0.3, -0.25) is 0 Å². The molecule has 0 aliphatic carbocycles. The zero-order valence-corrected chi connectivity index (χ0v) is 11.4. The van der Waals surface area contributed by atoms with Gasteiger partial charge in [-0.05, 0) is 35.7 Å². The maximum atomic E-state index is 6.34. The zero-order valence-electron chi connectivity index (χ0n) is 11.4. The summed E-state index contributed by atoms with van der Waals surface area (Å²) in [6.07, 6.45) is 0. The maximum absolute atomic E-state index is 6.34. The van der Waals surface area contributed by atoms with Crippen LogP contribution in [0.5, 0.6) is 0 Å². The molecule has 0 aliphatic heterocycles. The topological polar surface area (TPSA) is 80.7 Å². The number of nitrogens with two attached hydrogens (primary N) is 2. The fourth-order valence-corrected chi connectivity index (χ4v) is 2.40. The molecule has 1 heterocycles. The van der Waals surface area contributed by atoms with Crippen LogP contribution in [0.25, 0.3) is 11.0 Å². The van der Waals surface area contributed by atoms with Crippen LogP contribution in [0.2, 0.25) is 0 Å². The fraction of sp³-hybridized carbons (Fsp3) is 0.188. The number of aromatic amines is 1. The average Bonchev–Trinajstić information content (AvgIpc) is 2.85. The summed E-state index contributed by atoms with van der Waals surface area (Å²) in [6.45, 7) is 2.50. The second-order valence-corrected chi connectivity index (χ2v) is 5.02. The predicted octanol–water partition coefficient (Wildman–Crippen LogP) is 2.38. The number of nitrogens with one attached hydrogen (secondary N) is 1. The van der Waals surface area contributed by atoms with Gasteiger partial charge in [0.1, 0.15) is 5.82 Å². The molecule has 3 rings (SSSR count). The first-order chi connectivity index (χ1) is 9.67. The molecule has 20 heavy (non-hydrogen) atoms. The summed E-state index contributed by atoms with van der Waals surface area (Å²) in [6, 6.07) is 14.1. The molecule has 0 bridgehead atoms. The Kier molecular flexibility index (Phi) is 3.26. The number of aromatic nitrogens is 2. The highest BCUT2D eigenvalue weighted by Crippen LogP contribution is 2.23. The lowest BCUT2D eigenvalue weighted by molar-refractivity contribution is 0.870. The Bertz CT molecular complexity index is 728. The van der Waals surface area contributed by atoms with Gasteiger partial charge in [0.15, 0.2) is 0 Å². The Balaban J connectivity index is 1.95. The largest absolute Gasteiger partial charge is 0.342 e. The molecule has 0 amide bonds. The summed E-state index contributed by atoms with van der Waals surface area (Å²) >= 11 is 0. The summed E-state index contributed by atoms with van der Waals surface area (Å²) in [4.78, 5) is 7.64. The third-order valence-corrected chi connectivity index (χ3v) is 3.56. The lowest BCUT2D eigenvalue weighted by atomic mass is 9.98. The van der Waals surface area contributed by atoms with Gasteiger partial charge < -0.3 is 16.5 Å². The van der Waals surface area contributed by atoms with Crippen molar-refractivity contribution in [1.29, 1.82) is 0 Å². The number of H-pyrrole nitrogens is 1. The standard InChI is InChI=1S/C16H18N4/c1-10-19-14-7-6-13(8-15(14)20-10)16(18)12-4-2-11(9-17)3-5-12/h2-8,16H,9,17-18H2,1H3,(H,19,20). The first-order valence-corrected chi connectivity index (χ1v) is 6.68. The summed E-state index contributed by atoms with van der Waals surface area (Å²) in [7, 11) is 0. The smallest absolute Gasteiger partial charge is 0.104 e. The van der Waals surface area contributed by atoms with Gasteiger partial charge in [-0.2, -0.15) is 0 Å². The highest BCUT2D eigenvalue weighted by Gasteiger charge is 2.10. The summed E-state index contributed by atoms with van der Waals surface area (Å²) in [5, 5.41) is 0. The zero-order chi connectivity index (χ0) is 14.1. The van der Waals surface area contributed by atoms with Gasteiger partial charge in [0.25, 0.3) is 0 Å². The first kappa shape index (κ1) is 12.8. The fourth-order valence-electron chi connectivity index (χ4n) is 2.40. The van der Waals surface area contributed by atoms with Gasteiger partial charge in [0, 0.05) is 6.54 Å². The molecule has 0 saturated carbocycles. The van der Waals surface area contributed by atoms with E-state index in [-0.39, 0.29) is 6.04 Å². The molecule has 0 aliphatic rings. The Morgan fingerprint density at radius 1 is 1.10 bits per heavy atom. The van der Waals surface area contributed by atoms with E-state index in [4.69, 9.17) is 11.5 Å². The number of rotatable bonds is 3. The number of benzene rings is 2. The van der Waals surface area contributed by atoms with Gasteiger partial charge in [-0.15, -0.1) is 0 Å². The average molecular weight is 266 g/mol. The van der Waals surface area contributed by atoms with Crippen molar-refractivity contribution in [1.82, 2.24) is 9.97 Å². The number of nitrogens with zero attached hydrogens (tertiary/aromatic N) is 1. The van der Waals surface area contributed by atoms with Gasteiger partial charge in [0.2, 0.25) is 0 Å². The molecule has 5 N–H and O–H groups in total. The predicted molar refractivity (Wildman–Crippen MR) is 81.2 cm³/mol. The van der Waals surface area contributed by atoms with E-state index in [0.717, 1.165) is 33.5 Å². The van der Waals surface area contributed by atoms with Crippen molar-refractivity contribution in [3.05, 3.63) is 65.0 Å². The van der Waals surface area contributed by atoms with Crippen molar-refractivity contribution in [2.75, 3.05) is 0 Å². The van der Waals surface area contributed by atoms with Crippen LogP contribution in [0.15, 0.2) is 42.5 Å². The third-order valence-electron chi connectivity index (χ3n) is 3.56. The molecule has 102 valence electrons. The van der Waals surface area contributed by atoms with E-state index in [1.165, 1.54) is 0 Å². The minimum atomic E-state index is -0.144. The number of hydrogen-bond acceptors (Lipinski definition) is 3. The van der Waals surface area contributed by atoms with Crippen molar-refractivity contribution in [2.45, 2.75) is 19.5 Å². The van der Waals surface area contributed by atoms with Gasteiger partial charge in [0.05, 0.1) is 17.1 Å². The van der Waals surface area contributed by atoms with Crippen LogP contribution in [-0.2, 0) is 6.54 Å². The van der Waals surface area contributed by atoms with Crippen LogP contribution in [0.1, 0.15) is 28.6 Å². The van der Waals surface area contributed by atoms with Crippen LogP contribution >= 0.6 is 0 Å². The third kappa shape index (κ3) is 2.31. The molecule has 4 nitrogen and oxygen atoms in total. The summed E-state index contributed by atoms with van der Waals surface area (Å²) in [5.41, 5.74) is 17.2. The molecule has 1 atom stereocenters.